The van der Waals surface area contributed by atoms with E-state index in [0.29, 0.717) is 30.3 Å². The molecular weight excluding hydrogens is 279 g/mol. The molecule has 0 N–H and O–H groups in total. The van der Waals surface area contributed by atoms with E-state index in [1.807, 2.05) is 13.8 Å². The summed E-state index contributed by atoms with van der Waals surface area (Å²) < 4.78 is 25.7. The molecule has 0 saturated carbocycles. The molecular formula is C19H29FO2. The number of rotatable bonds is 10. The third-order valence-corrected chi connectivity index (χ3v) is 3.41. The molecule has 0 aliphatic rings. The van der Waals surface area contributed by atoms with Crippen LogP contribution >= 0.6 is 0 Å². The van der Waals surface area contributed by atoms with Crippen molar-refractivity contribution in [2.75, 3.05) is 13.2 Å². The molecule has 0 aromatic heterocycles. The van der Waals surface area contributed by atoms with Gasteiger partial charge in [0.15, 0.2) is 11.5 Å². The van der Waals surface area contributed by atoms with Crippen molar-refractivity contribution < 1.29 is 13.9 Å². The molecule has 0 amide bonds. The Hall–Kier alpha value is -1.51. The first-order chi connectivity index (χ1) is 10.6. The van der Waals surface area contributed by atoms with Crippen LogP contribution in [-0.4, -0.2) is 13.2 Å². The maximum absolute atomic E-state index is 14.4. The zero-order valence-corrected chi connectivity index (χ0v) is 14.3. The highest BCUT2D eigenvalue weighted by atomic mass is 19.1. The van der Waals surface area contributed by atoms with Gasteiger partial charge in [0.2, 0.25) is 0 Å². The summed E-state index contributed by atoms with van der Waals surface area (Å²) in [5.41, 5.74) is 0.690. The standard InChI is InChI=1S/C19H29FO2/c1-5-8-9-10-15(4)16-13-18(21-11-6-2)19(14-17(16)20)22-12-7-3/h8-9,13-15H,5-7,10-12H2,1-4H3/b9-8-. The molecule has 124 valence electrons. The lowest BCUT2D eigenvalue weighted by atomic mass is 9.96. The second kappa shape index (κ2) is 10.3. The van der Waals surface area contributed by atoms with Crippen LogP contribution in [0.3, 0.4) is 0 Å². The second-order valence-electron chi connectivity index (χ2n) is 5.53. The Morgan fingerprint density at radius 1 is 1.00 bits per heavy atom. The Kier molecular flexibility index (Phi) is 8.64. The van der Waals surface area contributed by atoms with E-state index in [-0.39, 0.29) is 11.7 Å². The van der Waals surface area contributed by atoms with Gasteiger partial charge in [0, 0.05) is 6.07 Å². The van der Waals surface area contributed by atoms with E-state index >= 15 is 0 Å². The lowest BCUT2D eigenvalue weighted by Gasteiger charge is -2.17. The summed E-state index contributed by atoms with van der Waals surface area (Å²) in [4.78, 5) is 0. The molecule has 0 radical (unpaired) electrons. The van der Waals surface area contributed by atoms with Crippen LogP contribution in [-0.2, 0) is 0 Å². The molecule has 0 aliphatic carbocycles. The lowest BCUT2D eigenvalue weighted by Crippen LogP contribution is -2.05. The molecule has 1 unspecified atom stereocenters. The fraction of sp³-hybridized carbons (Fsp3) is 0.579. The fourth-order valence-corrected chi connectivity index (χ4v) is 2.17. The number of halogens is 1. The smallest absolute Gasteiger partial charge is 0.164 e. The first-order valence-electron chi connectivity index (χ1n) is 8.37. The Morgan fingerprint density at radius 3 is 2.14 bits per heavy atom. The molecule has 1 rings (SSSR count). The van der Waals surface area contributed by atoms with Crippen molar-refractivity contribution in [1.29, 1.82) is 0 Å². The second-order valence-corrected chi connectivity index (χ2v) is 5.53. The van der Waals surface area contributed by atoms with Gasteiger partial charge >= 0.3 is 0 Å². The molecule has 0 fully saturated rings. The van der Waals surface area contributed by atoms with E-state index in [1.54, 1.807) is 6.07 Å². The van der Waals surface area contributed by atoms with Crippen molar-refractivity contribution in [3.05, 3.63) is 35.7 Å². The average Bonchev–Trinajstić information content (AvgIpc) is 2.51. The van der Waals surface area contributed by atoms with E-state index in [1.165, 1.54) is 6.07 Å². The van der Waals surface area contributed by atoms with Crippen molar-refractivity contribution in [3.63, 3.8) is 0 Å². The largest absolute Gasteiger partial charge is 0.490 e. The SMILES string of the molecule is CC/C=C\CC(C)c1cc(OCCC)c(OCCC)cc1F. The Balaban J connectivity index is 2.99. The van der Waals surface area contributed by atoms with Crippen LogP contribution in [0, 0.1) is 5.82 Å². The van der Waals surface area contributed by atoms with Crippen LogP contribution in [0.2, 0.25) is 0 Å². The van der Waals surface area contributed by atoms with Crippen LogP contribution < -0.4 is 9.47 Å². The molecule has 1 aromatic rings. The van der Waals surface area contributed by atoms with Crippen LogP contribution in [0.4, 0.5) is 4.39 Å². The zero-order valence-electron chi connectivity index (χ0n) is 14.3. The normalized spacial score (nSPS) is 12.6. The Labute approximate surface area is 134 Å². The van der Waals surface area contributed by atoms with E-state index in [2.05, 4.69) is 26.0 Å². The van der Waals surface area contributed by atoms with E-state index in [4.69, 9.17) is 9.47 Å². The summed E-state index contributed by atoms with van der Waals surface area (Å²) in [6, 6.07) is 3.27. The fourth-order valence-electron chi connectivity index (χ4n) is 2.17. The Bertz CT molecular complexity index is 469. The summed E-state index contributed by atoms with van der Waals surface area (Å²) in [5.74, 6) is 1.06. The van der Waals surface area contributed by atoms with Crippen molar-refractivity contribution in [3.8, 4) is 11.5 Å². The third-order valence-electron chi connectivity index (χ3n) is 3.41. The monoisotopic (exact) mass is 308 g/mol. The first-order valence-corrected chi connectivity index (χ1v) is 8.37. The van der Waals surface area contributed by atoms with Gasteiger partial charge in [-0.25, -0.2) is 4.39 Å². The van der Waals surface area contributed by atoms with Crippen LogP contribution in [0.15, 0.2) is 24.3 Å². The predicted molar refractivity (Wildman–Crippen MR) is 90.4 cm³/mol. The van der Waals surface area contributed by atoms with Crippen LogP contribution in [0.5, 0.6) is 11.5 Å². The van der Waals surface area contributed by atoms with Gasteiger partial charge in [-0.2, -0.15) is 0 Å². The predicted octanol–water partition coefficient (Wildman–Crippen LogP) is 5.86. The summed E-state index contributed by atoms with van der Waals surface area (Å²) in [6.07, 6.45) is 7.85. The quantitative estimate of drug-likeness (QED) is 0.504. The lowest BCUT2D eigenvalue weighted by molar-refractivity contribution is 0.266. The van der Waals surface area contributed by atoms with Gasteiger partial charge in [-0.05, 0) is 43.2 Å². The van der Waals surface area contributed by atoms with Crippen molar-refractivity contribution in [1.82, 2.24) is 0 Å². The molecule has 0 heterocycles. The molecule has 0 spiro atoms. The Morgan fingerprint density at radius 2 is 1.59 bits per heavy atom. The zero-order chi connectivity index (χ0) is 16.4. The summed E-state index contributed by atoms with van der Waals surface area (Å²) in [7, 11) is 0. The maximum Gasteiger partial charge on any atom is 0.164 e. The molecule has 1 aromatic carbocycles. The van der Waals surface area contributed by atoms with E-state index < -0.39 is 0 Å². The van der Waals surface area contributed by atoms with E-state index in [0.717, 1.165) is 25.7 Å². The highest BCUT2D eigenvalue weighted by molar-refractivity contribution is 5.45. The molecule has 2 nitrogen and oxygen atoms in total. The summed E-state index contributed by atoms with van der Waals surface area (Å²) in [5, 5.41) is 0. The number of ether oxygens (including phenoxy) is 2. The molecule has 0 saturated heterocycles. The van der Waals surface area contributed by atoms with E-state index in [9.17, 15) is 4.39 Å². The van der Waals surface area contributed by atoms with Crippen molar-refractivity contribution >= 4 is 0 Å². The number of hydrogen-bond acceptors (Lipinski definition) is 2. The van der Waals surface area contributed by atoms with Crippen LogP contribution in [0.1, 0.15) is 64.9 Å². The maximum atomic E-state index is 14.4. The molecule has 1 atom stereocenters. The minimum Gasteiger partial charge on any atom is -0.490 e. The average molecular weight is 308 g/mol. The van der Waals surface area contributed by atoms with Crippen LogP contribution in [0.25, 0.3) is 0 Å². The topological polar surface area (TPSA) is 18.5 Å². The van der Waals surface area contributed by atoms with Crippen molar-refractivity contribution in [2.24, 2.45) is 0 Å². The summed E-state index contributed by atoms with van der Waals surface area (Å²) >= 11 is 0. The van der Waals surface area contributed by atoms with Gasteiger partial charge in [-0.3, -0.25) is 0 Å². The van der Waals surface area contributed by atoms with Gasteiger partial charge in [-0.1, -0.05) is 39.8 Å². The number of benzene rings is 1. The molecule has 3 heteroatoms. The van der Waals surface area contributed by atoms with Gasteiger partial charge in [0.05, 0.1) is 13.2 Å². The molecule has 0 bridgehead atoms. The van der Waals surface area contributed by atoms with Gasteiger partial charge in [0.25, 0.3) is 0 Å². The number of allylic oxidation sites excluding steroid dienone is 2. The minimum absolute atomic E-state index is 0.118. The highest BCUT2D eigenvalue weighted by Gasteiger charge is 2.16. The van der Waals surface area contributed by atoms with Gasteiger partial charge in [0.1, 0.15) is 5.82 Å². The summed E-state index contributed by atoms with van der Waals surface area (Å²) in [6.45, 7) is 9.38. The molecule has 22 heavy (non-hydrogen) atoms. The highest BCUT2D eigenvalue weighted by Crippen LogP contribution is 2.35. The third kappa shape index (κ3) is 5.70. The van der Waals surface area contributed by atoms with Crippen molar-refractivity contribution in [2.45, 2.75) is 59.3 Å². The first kappa shape index (κ1) is 18.5. The van der Waals surface area contributed by atoms with Gasteiger partial charge < -0.3 is 9.47 Å². The minimum atomic E-state index is -0.215. The van der Waals surface area contributed by atoms with Gasteiger partial charge in [-0.15, -0.1) is 0 Å². The number of hydrogen-bond donors (Lipinski definition) is 0. The molecule has 0 aliphatic heterocycles.